The van der Waals surface area contributed by atoms with Gasteiger partial charge in [0, 0.05) is 48.4 Å². The molecular formula is C22H21ClF2N4O2S. The second-order valence-corrected chi connectivity index (χ2v) is 8.94. The predicted molar refractivity (Wildman–Crippen MR) is 121 cm³/mol. The number of likely N-dealkylation sites (N-methyl/N-ethyl adjacent to an activating group) is 1. The number of hydrogen-bond donors (Lipinski definition) is 1. The maximum Gasteiger partial charge on any atom is 0.264 e. The number of pyridine rings is 1. The number of carbonyl (C=O) groups is 1. The summed E-state index contributed by atoms with van der Waals surface area (Å²) >= 11 is 7.21. The van der Waals surface area contributed by atoms with Gasteiger partial charge >= 0.3 is 0 Å². The summed E-state index contributed by atoms with van der Waals surface area (Å²) in [5.41, 5.74) is 6.49. The van der Waals surface area contributed by atoms with Crippen molar-refractivity contribution in [3.8, 4) is 16.2 Å². The normalized spacial score (nSPS) is 14.6. The highest BCUT2D eigenvalue weighted by Crippen LogP contribution is 2.33. The van der Waals surface area contributed by atoms with Gasteiger partial charge in [0.25, 0.3) is 5.91 Å². The number of nitrogens with two attached hydrogens (primary N) is 1. The van der Waals surface area contributed by atoms with E-state index in [1.807, 2.05) is 18.0 Å². The van der Waals surface area contributed by atoms with Gasteiger partial charge in [-0.15, -0.1) is 11.3 Å². The minimum Gasteiger partial charge on any atom is -0.485 e. The largest absolute Gasteiger partial charge is 0.485 e. The summed E-state index contributed by atoms with van der Waals surface area (Å²) in [4.78, 5) is 22.4. The molecule has 32 heavy (non-hydrogen) atoms. The molecule has 2 N–H and O–H groups in total. The zero-order chi connectivity index (χ0) is 22.8. The fourth-order valence-corrected chi connectivity index (χ4v) is 4.49. The van der Waals surface area contributed by atoms with E-state index in [0.717, 1.165) is 30.1 Å². The predicted octanol–water partition coefficient (Wildman–Crippen LogP) is 4.29. The first-order valence-electron chi connectivity index (χ1n) is 9.92. The van der Waals surface area contributed by atoms with E-state index < -0.39 is 11.6 Å². The molecule has 168 valence electrons. The highest BCUT2D eigenvalue weighted by atomic mass is 35.5. The van der Waals surface area contributed by atoms with Gasteiger partial charge in [-0.1, -0.05) is 11.6 Å². The fourth-order valence-electron chi connectivity index (χ4n) is 3.33. The van der Waals surface area contributed by atoms with Gasteiger partial charge in [0.2, 0.25) is 0 Å². The number of piperazine rings is 1. The van der Waals surface area contributed by atoms with Crippen LogP contribution >= 0.6 is 22.9 Å². The zero-order valence-corrected chi connectivity index (χ0v) is 18.8. The molecule has 1 aromatic carbocycles. The number of carbonyl (C=O) groups excluding carboxylic acids is 1. The van der Waals surface area contributed by atoms with E-state index in [4.69, 9.17) is 22.1 Å². The van der Waals surface area contributed by atoms with Crippen LogP contribution < -0.4 is 10.5 Å². The van der Waals surface area contributed by atoms with Gasteiger partial charge in [0.1, 0.15) is 18.2 Å². The molecule has 0 bridgehead atoms. The van der Waals surface area contributed by atoms with E-state index in [-0.39, 0.29) is 34.7 Å². The Kier molecular flexibility index (Phi) is 6.59. The fraction of sp³-hybridized carbons (Fsp3) is 0.273. The Bertz CT molecular complexity index is 1150. The number of hydrogen-bond acceptors (Lipinski definition) is 6. The molecule has 0 radical (unpaired) electrons. The summed E-state index contributed by atoms with van der Waals surface area (Å²) in [6, 6.07) is 7.23. The van der Waals surface area contributed by atoms with Gasteiger partial charge in [0.05, 0.1) is 9.90 Å². The summed E-state index contributed by atoms with van der Waals surface area (Å²) in [5.74, 6) is -1.09. The Labute approximate surface area is 193 Å². The molecule has 0 saturated carbocycles. The molecule has 2 aromatic heterocycles. The SMILES string of the molecule is CN1CCN(C(=O)c2ccc(-c3cnc(N)c(OCc4c(F)ccc(F)c4Cl)c3)s2)CC1. The number of amides is 1. The Balaban J connectivity index is 1.51. The third kappa shape index (κ3) is 4.69. The van der Waals surface area contributed by atoms with Crippen molar-refractivity contribution in [1.82, 2.24) is 14.8 Å². The highest BCUT2D eigenvalue weighted by molar-refractivity contribution is 7.17. The van der Waals surface area contributed by atoms with E-state index in [2.05, 4.69) is 9.88 Å². The van der Waals surface area contributed by atoms with Crippen molar-refractivity contribution in [2.24, 2.45) is 0 Å². The van der Waals surface area contributed by atoms with Crippen LogP contribution in [-0.4, -0.2) is 53.9 Å². The minimum absolute atomic E-state index is 0.00505. The van der Waals surface area contributed by atoms with Crippen molar-refractivity contribution in [2.45, 2.75) is 6.61 Å². The van der Waals surface area contributed by atoms with Crippen molar-refractivity contribution >= 4 is 34.7 Å². The van der Waals surface area contributed by atoms with Gasteiger partial charge in [-0.25, -0.2) is 13.8 Å². The number of ether oxygens (including phenoxy) is 1. The van der Waals surface area contributed by atoms with E-state index in [9.17, 15) is 13.6 Å². The van der Waals surface area contributed by atoms with Crippen LogP contribution in [0.4, 0.5) is 14.6 Å². The molecule has 6 nitrogen and oxygen atoms in total. The van der Waals surface area contributed by atoms with E-state index >= 15 is 0 Å². The van der Waals surface area contributed by atoms with Gasteiger partial charge in [0.15, 0.2) is 11.6 Å². The van der Waals surface area contributed by atoms with Crippen molar-refractivity contribution in [1.29, 1.82) is 0 Å². The molecular weight excluding hydrogens is 458 g/mol. The molecule has 4 rings (SSSR count). The molecule has 0 atom stereocenters. The summed E-state index contributed by atoms with van der Waals surface area (Å²) in [5, 5.41) is -0.335. The van der Waals surface area contributed by atoms with Gasteiger partial charge in [-0.3, -0.25) is 4.79 Å². The molecule has 3 heterocycles. The molecule has 1 saturated heterocycles. The third-order valence-electron chi connectivity index (χ3n) is 5.28. The van der Waals surface area contributed by atoms with E-state index in [1.54, 1.807) is 18.3 Å². The topological polar surface area (TPSA) is 71.7 Å². The number of halogens is 3. The Morgan fingerprint density at radius 3 is 2.66 bits per heavy atom. The van der Waals surface area contributed by atoms with Crippen molar-refractivity contribution in [3.63, 3.8) is 0 Å². The second-order valence-electron chi connectivity index (χ2n) is 7.48. The summed E-state index contributed by atoms with van der Waals surface area (Å²) in [6.07, 6.45) is 1.58. The number of thiophene rings is 1. The first-order valence-corrected chi connectivity index (χ1v) is 11.1. The quantitative estimate of drug-likeness (QED) is 0.554. The lowest BCUT2D eigenvalue weighted by molar-refractivity contribution is 0.0669. The Morgan fingerprint density at radius 1 is 1.19 bits per heavy atom. The summed E-state index contributed by atoms with van der Waals surface area (Å²) < 4.78 is 33.3. The van der Waals surface area contributed by atoms with Crippen LogP contribution in [0.15, 0.2) is 36.5 Å². The van der Waals surface area contributed by atoms with Crippen LogP contribution in [-0.2, 0) is 6.61 Å². The van der Waals surface area contributed by atoms with Crippen LogP contribution in [0, 0.1) is 11.6 Å². The molecule has 1 amide bonds. The average molecular weight is 479 g/mol. The Hall–Kier alpha value is -2.75. The van der Waals surface area contributed by atoms with Gasteiger partial charge in [-0.2, -0.15) is 0 Å². The smallest absolute Gasteiger partial charge is 0.264 e. The molecule has 3 aromatic rings. The van der Waals surface area contributed by atoms with Crippen LogP contribution in [0.1, 0.15) is 15.2 Å². The zero-order valence-electron chi connectivity index (χ0n) is 17.3. The summed E-state index contributed by atoms with van der Waals surface area (Å²) in [7, 11) is 2.04. The first kappa shape index (κ1) is 22.4. The highest BCUT2D eigenvalue weighted by Gasteiger charge is 2.22. The molecule has 10 heteroatoms. The number of aromatic nitrogens is 1. The second kappa shape index (κ2) is 9.40. The number of benzene rings is 1. The Morgan fingerprint density at radius 2 is 1.91 bits per heavy atom. The lowest BCUT2D eigenvalue weighted by Crippen LogP contribution is -2.46. The van der Waals surface area contributed by atoms with Crippen LogP contribution in [0.5, 0.6) is 5.75 Å². The molecule has 1 aliphatic rings. The minimum atomic E-state index is -0.734. The van der Waals surface area contributed by atoms with Crippen LogP contribution in [0.3, 0.4) is 0 Å². The number of rotatable bonds is 5. The standard InChI is InChI=1S/C22H21ClF2N4O2S/c1-28-6-8-29(9-7-28)22(30)19-5-4-18(32-19)13-10-17(21(26)27-11-13)31-12-14-15(24)2-3-16(25)20(14)23/h2-5,10-11H,6-9,12H2,1H3,(H2,26,27). The van der Waals surface area contributed by atoms with Crippen molar-refractivity contribution in [2.75, 3.05) is 39.0 Å². The van der Waals surface area contributed by atoms with Crippen LogP contribution in [0.25, 0.3) is 10.4 Å². The number of anilines is 1. The average Bonchev–Trinajstić information content (AvgIpc) is 3.28. The lowest BCUT2D eigenvalue weighted by atomic mass is 10.2. The molecule has 1 fully saturated rings. The number of nitrogens with zero attached hydrogens (tertiary/aromatic N) is 3. The van der Waals surface area contributed by atoms with Crippen molar-refractivity contribution < 1.29 is 18.3 Å². The molecule has 0 spiro atoms. The molecule has 0 unspecified atom stereocenters. The van der Waals surface area contributed by atoms with Crippen molar-refractivity contribution in [3.05, 3.63) is 63.6 Å². The monoisotopic (exact) mass is 478 g/mol. The molecule has 1 aliphatic heterocycles. The van der Waals surface area contributed by atoms with Gasteiger partial charge in [-0.05, 0) is 37.4 Å². The van der Waals surface area contributed by atoms with E-state index in [0.29, 0.717) is 23.5 Å². The maximum atomic E-state index is 14.0. The summed E-state index contributed by atoms with van der Waals surface area (Å²) in [6.45, 7) is 2.78. The number of nitrogen functional groups attached to an aromatic ring is 1. The van der Waals surface area contributed by atoms with Gasteiger partial charge < -0.3 is 20.3 Å². The first-order chi connectivity index (χ1) is 15.3. The third-order valence-corrected chi connectivity index (χ3v) is 6.82. The van der Waals surface area contributed by atoms with Crippen LogP contribution in [0.2, 0.25) is 5.02 Å². The van der Waals surface area contributed by atoms with E-state index in [1.165, 1.54) is 11.3 Å². The maximum absolute atomic E-state index is 14.0. The lowest BCUT2D eigenvalue weighted by Gasteiger charge is -2.32. The molecule has 0 aliphatic carbocycles.